The van der Waals surface area contributed by atoms with Crippen LogP contribution in [0, 0.1) is 0 Å². The highest BCUT2D eigenvalue weighted by Gasteiger charge is 2.23. The third-order valence-electron chi connectivity index (χ3n) is 3.09. The van der Waals surface area contributed by atoms with Crippen molar-refractivity contribution >= 4 is 12.1 Å². The van der Waals surface area contributed by atoms with Crippen molar-refractivity contribution in [3.63, 3.8) is 0 Å². The van der Waals surface area contributed by atoms with E-state index in [9.17, 15) is 9.59 Å². The van der Waals surface area contributed by atoms with E-state index in [1.807, 2.05) is 30.3 Å². The third-order valence-corrected chi connectivity index (χ3v) is 3.09. The van der Waals surface area contributed by atoms with Gasteiger partial charge < -0.3 is 20.5 Å². The number of esters is 1. The molecule has 1 rings (SSSR count). The van der Waals surface area contributed by atoms with Gasteiger partial charge in [0.25, 0.3) is 0 Å². The van der Waals surface area contributed by atoms with Crippen LogP contribution in [0.15, 0.2) is 30.3 Å². The molecule has 1 aromatic carbocycles. The van der Waals surface area contributed by atoms with Gasteiger partial charge in [-0.25, -0.2) is 9.59 Å². The van der Waals surface area contributed by atoms with Gasteiger partial charge in [0.2, 0.25) is 0 Å². The number of carbonyl (C=O) groups excluding carboxylic acids is 2. The molecular formula is C17H26N2O4. The molecule has 6 heteroatoms. The maximum atomic E-state index is 12.0. The largest absolute Gasteiger partial charge is 0.461 e. The Hall–Kier alpha value is -2.08. The van der Waals surface area contributed by atoms with Crippen LogP contribution >= 0.6 is 0 Å². The van der Waals surface area contributed by atoms with E-state index < -0.39 is 18.1 Å². The molecule has 0 saturated carbocycles. The second-order valence-electron chi connectivity index (χ2n) is 5.53. The predicted octanol–water partition coefficient (Wildman–Crippen LogP) is 2.36. The van der Waals surface area contributed by atoms with Crippen LogP contribution in [0.4, 0.5) is 4.79 Å². The summed E-state index contributed by atoms with van der Waals surface area (Å²) < 4.78 is 10.3. The van der Waals surface area contributed by atoms with E-state index in [0.29, 0.717) is 13.0 Å². The van der Waals surface area contributed by atoms with E-state index in [1.54, 1.807) is 13.8 Å². The first-order valence-corrected chi connectivity index (χ1v) is 7.90. The minimum absolute atomic E-state index is 0.154. The van der Waals surface area contributed by atoms with Gasteiger partial charge in [-0.2, -0.15) is 0 Å². The summed E-state index contributed by atoms with van der Waals surface area (Å²) >= 11 is 0. The lowest BCUT2D eigenvalue weighted by atomic mass is 10.1. The minimum Gasteiger partial charge on any atom is -0.461 e. The zero-order valence-electron chi connectivity index (χ0n) is 13.8. The van der Waals surface area contributed by atoms with Gasteiger partial charge in [-0.3, -0.25) is 0 Å². The standard InChI is InChI=1S/C17H26N2O4/c1-13(2)23-16(20)15(10-6-7-11-18)19-17(21)22-12-14-8-4-3-5-9-14/h3-5,8-9,13,15H,6-7,10-12,18H2,1-2H3,(H,19,21)/t15-/m0/s1. The Morgan fingerprint density at radius 2 is 1.87 bits per heavy atom. The zero-order valence-corrected chi connectivity index (χ0v) is 13.8. The summed E-state index contributed by atoms with van der Waals surface area (Å²) in [5, 5.41) is 2.57. The number of nitrogens with one attached hydrogen (secondary N) is 1. The first-order chi connectivity index (χ1) is 11.0. The van der Waals surface area contributed by atoms with Crippen LogP contribution < -0.4 is 11.1 Å². The lowest BCUT2D eigenvalue weighted by Gasteiger charge is -2.19. The highest BCUT2D eigenvalue weighted by Crippen LogP contribution is 2.06. The quantitative estimate of drug-likeness (QED) is 0.538. The van der Waals surface area contributed by atoms with Crippen molar-refractivity contribution in [1.29, 1.82) is 0 Å². The van der Waals surface area contributed by atoms with Crippen LogP contribution in [0.2, 0.25) is 0 Å². The molecule has 0 heterocycles. The summed E-state index contributed by atoms with van der Waals surface area (Å²) in [6, 6.07) is 8.63. The topological polar surface area (TPSA) is 90.6 Å². The second kappa shape index (κ2) is 10.6. The summed E-state index contributed by atoms with van der Waals surface area (Å²) in [6.07, 6.45) is 1.12. The first-order valence-electron chi connectivity index (χ1n) is 7.90. The van der Waals surface area contributed by atoms with E-state index in [-0.39, 0.29) is 12.7 Å². The minimum atomic E-state index is -0.716. The van der Waals surface area contributed by atoms with E-state index in [4.69, 9.17) is 15.2 Å². The van der Waals surface area contributed by atoms with Crippen LogP contribution in [0.1, 0.15) is 38.7 Å². The van der Waals surface area contributed by atoms with Gasteiger partial charge in [0.15, 0.2) is 0 Å². The Balaban J connectivity index is 2.49. The molecule has 0 spiro atoms. The molecule has 0 bridgehead atoms. The number of rotatable bonds is 9. The Kier molecular flexibility index (Phi) is 8.75. The summed E-state index contributed by atoms with van der Waals surface area (Å²) in [5.74, 6) is -0.450. The average molecular weight is 322 g/mol. The Morgan fingerprint density at radius 1 is 1.17 bits per heavy atom. The normalized spacial score (nSPS) is 11.8. The first kappa shape index (κ1) is 19.0. The van der Waals surface area contributed by atoms with Gasteiger partial charge in [-0.15, -0.1) is 0 Å². The SMILES string of the molecule is CC(C)OC(=O)[C@H](CCCCN)NC(=O)OCc1ccccc1. The summed E-state index contributed by atoms with van der Waals surface area (Å²) in [5.41, 5.74) is 6.34. The molecule has 1 aromatic rings. The molecular weight excluding hydrogens is 296 g/mol. The summed E-state index contributed by atoms with van der Waals surface area (Å²) in [4.78, 5) is 23.9. The van der Waals surface area contributed by atoms with Crippen molar-refractivity contribution in [2.45, 2.75) is 51.9 Å². The van der Waals surface area contributed by atoms with E-state index in [2.05, 4.69) is 5.32 Å². The number of hydrogen-bond donors (Lipinski definition) is 2. The molecule has 6 nitrogen and oxygen atoms in total. The van der Waals surface area contributed by atoms with Gasteiger partial charge in [-0.1, -0.05) is 30.3 Å². The smallest absolute Gasteiger partial charge is 0.408 e. The molecule has 0 aliphatic carbocycles. The van der Waals surface area contributed by atoms with E-state index in [0.717, 1.165) is 18.4 Å². The molecule has 0 aliphatic heterocycles. The highest BCUT2D eigenvalue weighted by atomic mass is 16.6. The molecule has 3 N–H and O–H groups in total. The van der Waals surface area contributed by atoms with Crippen LogP contribution in [0.25, 0.3) is 0 Å². The maximum Gasteiger partial charge on any atom is 0.408 e. The highest BCUT2D eigenvalue weighted by molar-refractivity contribution is 5.81. The predicted molar refractivity (Wildman–Crippen MR) is 87.7 cm³/mol. The average Bonchev–Trinajstić information content (AvgIpc) is 2.52. The fourth-order valence-corrected chi connectivity index (χ4v) is 1.96. The van der Waals surface area contributed by atoms with E-state index in [1.165, 1.54) is 0 Å². The molecule has 0 fully saturated rings. The van der Waals surface area contributed by atoms with E-state index >= 15 is 0 Å². The maximum absolute atomic E-state index is 12.0. The number of carbonyl (C=O) groups is 2. The van der Waals surface area contributed by atoms with Crippen molar-refractivity contribution in [1.82, 2.24) is 5.32 Å². The van der Waals surface area contributed by atoms with Crippen LogP contribution in [0.5, 0.6) is 0 Å². The molecule has 1 amide bonds. The number of ether oxygens (including phenoxy) is 2. The molecule has 0 aromatic heterocycles. The number of alkyl carbamates (subject to hydrolysis) is 1. The van der Waals surface area contributed by atoms with Crippen molar-refractivity contribution in [3.8, 4) is 0 Å². The van der Waals surface area contributed by atoms with Gasteiger partial charge in [0.1, 0.15) is 12.6 Å². The zero-order chi connectivity index (χ0) is 17.1. The van der Waals surface area contributed by atoms with Crippen LogP contribution in [-0.2, 0) is 20.9 Å². The van der Waals surface area contributed by atoms with Crippen molar-refractivity contribution < 1.29 is 19.1 Å². The fourth-order valence-electron chi connectivity index (χ4n) is 1.96. The van der Waals surface area contributed by atoms with Gasteiger partial charge in [-0.05, 0) is 45.2 Å². The fraction of sp³-hybridized carbons (Fsp3) is 0.529. The Morgan fingerprint density at radius 3 is 2.48 bits per heavy atom. The van der Waals surface area contributed by atoms with Crippen LogP contribution in [0.3, 0.4) is 0 Å². The number of unbranched alkanes of at least 4 members (excludes halogenated alkanes) is 1. The van der Waals surface area contributed by atoms with Crippen LogP contribution in [-0.4, -0.2) is 30.8 Å². The number of amides is 1. The Labute approximate surface area is 137 Å². The van der Waals surface area contributed by atoms with Gasteiger partial charge in [0.05, 0.1) is 6.10 Å². The monoisotopic (exact) mass is 322 g/mol. The molecule has 1 atom stereocenters. The summed E-state index contributed by atoms with van der Waals surface area (Å²) in [7, 11) is 0. The molecule has 0 saturated heterocycles. The Bertz CT molecular complexity index is 477. The number of nitrogens with two attached hydrogens (primary N) is 1. The molecule has 0 aliphatic rings. The molecule has 128 valence electrons. The molecule has 0 unspecified atom stereocenters. The number of hydrogen-bond acceptors (Lipinski definition) is 5. The van der Waals surface area contributed by atoms with Crippen molar-refractivity contribution in [2.75, 3.05) is 6.54 Å². The lowest BCUT2D eigenvalue weighted by Crippen LogP contribution is -2.42. The summed E-state index contributed by atoms with van der Waals surface area (Å²) in [6.45, 7) is 4.23. The van der Waals surface area contributed by atoms with Crippen molar-refractivity contribution in [3.05, 3.63) is 35.9 Å². The van der Waals surface area contributed by atoms with Crippen molar-refractivity contribution in [2.24, 2.45) is 5.73 Å². The van der Waals surface area contributed by atoms with Gasteiger partial charge >= 0.3 is 12.1 Å². The second-order valence-corrected chi connectivity index (χ2v) is 5.53. The molecule has 23 heavy (non-hydrogen) atoms. The number of benzene rings is 1. The lowest BCUT2D eigenvalue weighted by molar-refractivity contribution is -0.150. The van der Waals surface area contributed by atoms with Gasteiger partial charge in [0, 0.05) is 0 Å². The third kappa shape index (κ3) is 8.21. The molecule has 0 radical (unpaired) electrons.